The van der Waals surface area contributed by atoms with Gasteiger partial charge in [-0.15, -0.1) is 0 Å². The van der Waals surface area contributed by atoms with Crippen molar-refractivity contribution in [3.63, 3.8) is 0 Å². The van der Waals surface area contributed by atoms with Gasteiger partial charge in [-0.25, -0.2) is 8.42 Å². The molecule has 1 heterocycles. The fourth-order valence-corrected chi connectivity index (χ4v) is 4.12. The molecule has 7 nitrogen and oxygen atoms in total. The number of ether oxygens (including phenoxy) is 1. The summed E-state index contributed by atoms with van der Waals surface area (Å²) in [7, 11) is -3.75. The second-order valence-corrected chi connectivity index (χ2v) is 8.77. The maximum absolute atomic E-state index is 12.8. The van der Waals surface area contributed by atoms with Crippen LogP contribution in [0.4, 0.5) is 11.4 Å². The molecule has 3 aromatic carbocycles. The maximum Gasteiger partial charge on any atom is 0.261 e. The van der Waals surface area contributed by atoms with E-state index < -0.39 is 10.0 Å². The standard InChI is InChI=1S/C25H21N3O4S/c29-25(27-20-10-7-12-23(17-20)32-18-22-9-4-5-15-26-22)19-8-6-11-21(16-19)28-33(30,31)24-13-2-1-3-14-24/h1-17,28H,18H2,(H,27,29). The van der Waals surface area contributed by atoms with Crippen molar-refractivity contribution in [1.82, 2.24) is 4.98 Å². The summed E-state index contributed by atoms with van der Waals surface area (Å²) in [4.78, 5) is 17.1. The molecule has 0 fully saturated rings. The van der Waals surface area contributed by atoms with Gasteiger partial charge in [-0.05, 0) is 54.6 Å². The third kappa shape index (κ3) is 5.96. The maximum atomic E-state index is 12.8. The molecular formula is C25H21N3O4S. The molecule has 33 heavy (non-hydrogen) atoms. The molecule has 4 aromatic rings. The largest absolute Gasteiger partial charge is 0.487 e. The number of aromatic nitrogens is 1. The lowest BCUT2D eigenvalue weighted by Gasteiger charge is -2.11. The summed E-state index contributed by atoms with van der Waals surface area (Å²) in [6.07, 6.45) is 1.70. The van der Waals surface area contributed by atoms with E-state index in [2.05, 4.69) is 15.0 Å². The lowest BCUT2D eigenvalue weighted by atomic mass is 10.2. The minimum absolute atomic E-state index is 0.141. The van der Waals surface area contributed by atoms with Crippen LogP contribution < -0.4 is 14.8 Å². The van der Waals surface area contributed by atoms with E-state index in [1.54, 1.807) is 66.9 Å². The summed E-state index contributed by atoms with van der Waals surface area (Å²) in [5.74, 6) is 0.209. The first-order valence-corrected chi connectivity index (χ1v) is 11.6. The molecule has 0 spiro atoms. The predicted octanol–water partition coefficient (Wildman–Crippen LogP) is 4.71. The van der Waals surface area contributed by atoms with Gasteiger partial charge in [0.05, 0.1) is 10.6 Å². The number of anilines is 2. The fourth-order valence-electron chi connectivity index (χ4n) is 3.05. The molecule has 2 N–H and O–H groups in total. The highest BCUT2D eigenvalue weighted by Gasteiger charge is 2.15. The van der Waals surface area contributed by atoms with E-state index >= 15 is 0 Å². The third-order valence-corrected chi connectivity index (χ3v) is 6.03. The van der Waals surface area contributed by atoms with E-state index in [9.17, 15) is 13.2 Å². The Kier molecular flexibility index (Phi) is 6.66. The molecule has 8 heteroatoms. The van der Waals surface area contributed by atoms with Gasteiger partial charge in [-0.2, -0.15) is 0 Å². The number of rotatable bonds is 8. The topological polar surface area (TPSA) is 97.4 Å². The van der Waals surface area contributed by atoms with Gasteiger partial charge in [0.2, 0.25) is 0 Å². The Labute approximate surface area is 192 Å². The van der Waals surface area contributed by atoms with Gasteiger partial charge in [0.15, 0.2) is 0 Å². The molecule has 0 saturated carbocycles. The SMILES string of the molecule is O=C(Nc1cccc(OCc2ccccn2)c1)c1cccc(NS(=O)(=O)c2ccccc2)c1. The van der Waals surface area contributed by atoms with Gasteiger partial charge in [0, 0.05) is 29.2 Å². The smallest absolute Gasteiger partial charge is 0.261 e. The quantitative estimate of drug-likeness (QED) is 0.398. The van der Waals surface area contributed by atoms with Crippen molar-refractivity contribution in [1.29, 1.82) is 0 Å². The minimum Gasteiger partial charge on any atom is -0.487 e. The Morgan fingerprint density at radius 2 is 1.58 bits per heavy atom. The summed E-state index contributed by atoms with van der Waals surface area (Å²) in [6.45, 7) is 0.307. The molecule has 0 aliphatic carbocycles. The highest BCUT2D eigenvalue weighted by molar-refractivity contribution is 7.92. The van der Waals surface area contributed by atoms with Crippen LogP contribution >= 0.6 is 0 Å². The zero-order valence-electron chi connectivity index (χ0n) is 17.5. The van der Waals surface area contributed by atoms with E-state index in [1.165, 1.54) is 18.2 Å². The van der Waals surface area contributed by atoms with E-state index in [4.69, 9.17) is 4.74 Å². The number of carbonyl (C=O) groups is 1. The number of carbonyl (C=O) groups excluding carboxylic acids is 1. The lowest BCUT2D eigenvalue weighted by Crippen LogP contribution is -2.15. The van der Waals surface area contributed by atoms with Gasteiger partial charge >= 0.3 is 0 Å². The molecule has 0 aliphatic heterocycles. The van der Waals surface area contributed by atoms with Crippen molar-refractivity contribution >= 4 is 27.3 Å². The van der Waals surface area contributed by atoms with Crippen molar-refractivity contribution in [3.8, 4) is 5.75 Å². The van der Waals surface area contributed by atoms with Gasteiger partial charge < -0.3 is 10.1 Å². The number of hydrogen-bond donors (Lipinski definition) is 2. The molecule has 0 bridgehead atoms. The van der Waals surface area contributed by atoms with Gasteiger partial charge in [-0.3, -0.25) is 14.5 Å². The highest BCUT2D eigenvalue weighted by Crippen LogP contribution is 2.21. The summed E-state index contributed by atoms with van der Waals surface area (Å²) >= 11 is 0. The molecule has 0 radical (unpaired) electrons. The predicted molar refractivity (Wildman–Crippen MR) is 127 cm³/mol. The third-order valence-electron chi connectivity index (χ3n) is 4.64. The average molecular weight is 460 g/mol. The zero-order chi connectivity index (χ0) is 23.1. The normalized spacial score (nSPS) is 10.9. The Bertz CT molecular complexity index is 1340. The van der Waals surface area contributed by atoms with Crippen molar-refractivity contribution < 1.29 is 17.9 Å². The molecule has 1 aromatic heterocycles. The molecule has 1 amide bonds. The van der Waals surface area contributed by atoms with Crippen LogP contribution in [0.3, 0.4) is 0 Å². The first-order chi connectivity index (χ1) is 16.0. The summed E-state index contributed by atoms with van der Waals surface area (Å²) in [5.41, 5.74) is 1.94. The highest BCUT2D eigenvalue weighted by atomic mass is 32.2. The van der Waals surface area contributed by atoms with Crippen LogP contribution in [0.5, 0.6) is 5.75 Å². The van der Waals surface area contributed by atoms with Crippen LogP contribution in [0.25, 0.3) is 0 Å². The molecule has 0 aliphatic rings. The number of sulfonamides is 1. The molecule has 166 valence electrons. The van der Waals surface area contributed by atoms with Crippen molar-refractivity contribution in [2.24, 2.45) is 0 Å². The van der Waals surface area contributed by atoms with Crippen LogP contribution in [0.15, 0.2) is 108 Å². The number of hydrogen-bond acceptors (Lipinski definition) is 5. The second kappa shape index (κ2) is 9.97. The summed E-state index contributed by atoms with van der Waals surface area (Å²) < 4.78 is 33.3. The van der Waals surface area contributed by atoms with Gasteiger partial charge in [-0.1, -0.05) is 36.4 Å². The summed E-state index contributed by atoms with van der Waals surface area (Å²) in [5, 5.41) is 2.81. The Morgan fingerprint density at radius 3 is 2.36 bits per heavy atom. The number of nitrogens with zero attached hydrogens (tertiary/aromatic N) is 1. The lowest BCUT2D eigenvalue weighted by molar-refractivity contribution is 0.102. The average Bonchev–Trinajstić information content (AvgIpc) is 2.84. The molecule has 4 rings (SSSR count). The minimum atomic E-state index is -3.75. The Morgan fingerprint density at radius 1 is 0.818 bits per heavy atom. The number of amides is 1. The van der Waals surface area contributed by atoms with E-state index in [0.29, 0.717) is 29.3 Å². The molecule has 0 unspecified atom stereocenters. The van der Waals surface area contributed by atoms with Crippen molar-refractivity contribution in [2.75, 3.05) is 10.0 Å². The Balaban J connectivity index is 1.43. The van der Waals surface area contributed by atoms with E-state index in [-0.39, 0.29) is 10.8 Å². The number of pyridine rings is 1. The fraction of sp³-hybridized carbons (Fsp3) is 0.0400. The van der Waals surface area contributed by atoms with Crippen LogP contribution in [0.1, 0.15) is 16.1 Å². The first kappa shape index (κ1) is 22.0. The van der Waals surface area contributed by atoms with Crippen LogP contribution in [-0.4, -0.2) is 19.3 Å². The van der Waals surface area contributed by atoms with E-state index in [1.807, 2.05) is 18.2 Å². The second-order valence-electron chi connectivity index (χ2n) is 7.09. The Hall–Kier alpha value is -4.17. The van der Waals surface area contributed by atoms with Crippen LogP contribution in [0, 0.1) is 0 Å². The summed E-state index contributed by atoms with van der Waals surface area (Å²) in [6, 6.07) is 26.9. The number of benzene rings is 3. The van der Waals surface area contributed by atoms with Crippen molar-refractivity contribution in [3.05, 3.63) is 115 Å². The molecule has 0 saturated heterocycles. The monoisotopic (exact) mass is 459 g/mol. The molecule has 0 atom stereocenters. The van der Waals surface area contributed by atoms with Crippen LogP contribution in [-0.2, 0) is 16.6 Å². The first-order valence-electron chi connectivity index (χ1n) is 10.1. The zero-order valence-corrected chi connectivity index (χ0v) is 18.3. The van der Waals surface area contributed by atoms with Crippen molar-refractivity contribution in [2.45, 2.75) is 11.5 Å². The van der Waals surface area contributed by atoms with Gasteiger partial charge in [0.25, 0.3) is 15.9 Å². The molecular weight excluding hydrogens is 438 g/mol. The van der Waals surface area contributed by atoms with E-state index in [0.717, 1.165) is 5.69 Å². The number of nitrogens with one attached hydrogen (secondary N) is 2. The van der Waals surface area contributed by atoms with Crippen LogP contribution in [0.2, 0.25) is 0 Å². The van der Waals surface area contributed by atoms with Gasteiger partial charge in [0.1, 0.15) is 12.4 Å².